The third-order valence-electron chi connectivity index (χ3n) is 3.04. The summed E-state index contributed by atoms with van der Waals surface area (Å²) < 4.78 is 5.76. The number of carbonyl (C=O) groups excluding carboxylic acids is 1. The Morgan fingerprint density at radius 3 is 2.95 bits per heavy atom. The minimum absolute atomic E-state index is 0.135. The van der Waals surface area contributed by atoms with Crippen molar-refractivity contribution in [2.24, 2.45) is 10.9 Å². The summed E-state index contributed by atoms with van der Waals surface area (Å²) in [5, 5.41) is 6.96. The van der Waals surface area contributed by atoms with Crippen molar-refractivity contribution in [3.05, 3.63) is 29.8 Å². The molecule has 1 aromatic rings. The average molecular weight is 291 g/mol. The zero-order valence-electron chi connectivity index (χ0n) is 12.3. The van der Waals surface area contributed by atoms with E-state index in [-0.39, 0.29) is 12.2 Å². The predicted molar refractivity (Wildman–Crippen MR) is 80.0 cm³/mol. The van der Waals surface area contributed by atoms with Crippen molar-refractivity contribution < 1.29 is 14.4 Å². The van der Waals surface area contributed by atoms with Crippen LogP contribution in [0.5, 0.6) is 5.75 Å². The highest BCUT2D eigenvalue weighted by molar-refractivity contribution is 6.38. The van der Waals surface area contributed by atoms with E-state index in [0.29, 0.717) is 25.2 Å². The first kappa shape index (κ1) is 15.3. The van der Waals surface area contributed by atoms with Crippen LogP contribution in [0.1, 0.15) is 25.8 Å². The lowest BCUT2D eigenvalue weighted by Crippen LogP contribution is -2.29. The molecule has 1 heterocycles. The molecule has 1 amide bonds. The molecule has 114 valence electrons. The van der Waals surface area contributed by atoms with Gasteiger partial charge in [0.15, 0.2) is 0 Å². The van der Waals surface area contributed by atoms with E-state index in [9.17, 15) is 4.79 Å². The maximum absolute atomic E-state index is 11.0. The number of nitrogens with zero attached hydrogens (tertiary/aromatic N) is 1. The Hall–Kier alpha value is -2.08. The summed E-state index contributed by atoms with van der Waals surface area (Å²) in [4.78, 5) is 16.1. The molecule has 1 aliphatic heterocycles. The molecule has 21 heavy (non-hydrogen) atoms. The standard InChI is InChI=1S/C15H21N3O3/c1-10(2)20-14-6-4-3-5-11(14)8-17-9-12-7-13(15(16)19)18-21-12/h3-6,10,12,17H,7-9H2,1-2H3,(H2,16,19)/t12-/m1/s1. The molecule has 0 saturated heterocycles. The second kappa shape index (κ2) is 7.08. The van der Waals surface area contributed by atoms with Crippen molar-refractivity contribution in [3.8, 4) is 5.75 Å². The van der Waals surface area contributed by atoms with Crippen molar-refractivity contribution in [1.29, 1.82) is 0 Å². The molecular weight excluding hydrogens is 270 g/mol. The molecule has 0 fully saturated rings. The number of primary amides is 1. The highest BCUT2D eigenvalue weighted by Gasteiger charge is 2.24. The van der Waals surface area contributed by atoms with E-state index in [0.717, 1.165) is 11.3 Å². The number of carbonyl (C=O) groups is 1. The highest BCUT2D eigenvalue weighted by atomic mass is 16.6. The third-order valence-corrected chi connectivity index (χ3v) is 3.04. The van der Waals surface area contributed by atoms with Crippen molar-refractivity contribution in [3.63, 3.8) is 0 Å². The smallest absolute Gasteiger partial charge is 0.266 e. The van der Waals surface area contributed by atoms with Crippen molar-refractivity contribution >= 4 is 11.6 Å². The second-order valence-corrected chi connectivity index (χ2v) is 5.24. The fraction of sp³-hybridized carbons (Fsp3) is 0.467. The summed E-state index contributed by atoms with van der Waals surface area (Å²) in [5.41, 5.74) is 6.54. The van der Waals surface area contributed by atoms with Gasteiger partial charge in [0.05, 0.1) is 6.10 Å². The zero-order chi connectivity index (χ0) is 15.2. The Labute approximate surface area is 124 Å². The van der Waals surface area contributed by atoms with Crippen LogP contribution < -0.4 is 15.8 Å². The summed E-state index contributed by atoms with van der Waals surface area (Å²) in [6.07, 6.45) is 0.438. The Morgan fingerprint density at radius 1 is 1.52 bits per heavy atom. The lowest BCUT2D eigenvalue weighted by molar-refractivity contribution is -0.112. The largest absolute Gasteiger partial charge is 0.491 e. The van der Waals surface area contributed by atoms with Crippen LogP contribution >= 0.6 is 0 Å². The van der Waals surface area contributed by atoms with Crippen LogP contribution in [0.2, 0.25) is 0 Å². The van der Waals surface area contributed by atoms with E-state index in [1.54, 1.807) is 0 Å². The number of hydrogen-bond acceptors (Lipinski definition) is 5. The van der Waals surface area contributed by atoms with Crippen LogP contribution in [0.4, 0.5) is 0 Å². The fourth-order valence-corrected chi connectivity index (χ4v) is 2.07. The summed E-state index contributed by atoms with van der Waals surface area (Å²) >= 11 is 0. The van der Waals surface area contributed by atoms with E-state index >= 15 is 0 Å². The number of amides is 1. The van der Waals surface area contributed by atoms with E-state index in [4.69, 9.17) is 15.3 Å². The number of hydrogen-bond donors (Lipinski definition) is 2. The predicted octanol–water partition coefficient (Wildman–Crippen LogP) is 1.19. The number of nitrogens with two attached hydrogens (primary N) is 1. The number of oxime groups is 1. The lowest BCUT2D eigenvalue weighted by Gasteiger charge is -2.15. The molecule has 1 atom stereocenters. The third kappa shape index (κ3) is 4.46. The van der Waals surface area contributed by atoms with Crippen molar-refractivity contribution in [2.75, 3.05) is 6.54 Å². The van der Waals surface area contributed by atoms with Gasteiger partial charge in [0.1, 0.15) is 17.6 Å². The first-order chi connectivity index (χ1) is 10.1. The number of para-hydroxylation sites is 1. The van der Waals surface area contributed by atoms with E-state index in [1.165, 1.54) is 0 Å². The zero-order valence-corrected chi connectivity index (χ0v) is 12.3. The Kier molecular flexibility index (Phi) is 5.16. The molecule has 0 spiro atoms. The van der Waals surface area contributed by atoms with Gasteiger partial charge in [-0.15, -0.1) is 0 Å². The fourth-order valence-electron chi connectivity index (χ4n) is 2.07. The highest BCUT2D eigenvalue weighted by Crippen LogP contribution is 2.19. The van der Waals surface area contributed by atoms with Crippen LogP contribution in [-0.4, -0.2) is 30.4 Å². The Balaban J connectivity index is 1.81. The van der Waals surface area contributed by atoms with Gasteiger partial charge < -0.3 is 20.6 Å². The molecule has 1 aromatic carbocycles. The van der Waals surface area contributed by atoms with Crippen LogP contribution in [-0.2, 0) is 16.2 Å². The van der Waals surface area contributed by atoms with Crippen LogP contribution in [0.3, 0.4) is 0 Å². The summed E-state index contributed by atoms with van der Waals surface area (Å²) in [7, 11) is 0. The van der Waals surface area contributed by atoms with E-state index < -0.39 is 5.91 Å². The Bertz CT molecular complexity index is 529. The van der Waals surface area contributed by atoms with Gasteiger partial charge in [0, 0.05) is 25.1 Å². The minimum Gasteiger partial charge on any atom is -0.491 e. The normalized spacial score (nSPS) is 17.5. The summed E-state index contributed by atoms with van der Waals surface area (Å²) in [6, 6.07) is 7.90. The van der Waals surface area contributed by atoms with Crippen molar-refractivity contribution in [1.82, 2.24) is 5.32 Å². The van der Waals surface area contributed by atoms with Crippen LogP contribution in [0.15, 0.2) is 29.4 Å². The first-order valence-electron chi connectivity index (χ1n) is 7.04. The lowest BCUT2D eigenvalue weighted by atomic mass is 10.1. The second-order valence-electron chi connectivity index (χ2n) is 5.24. The van der Waals surface area contributed by atoms with Gasteiger partial charge in [-0.1, -0.05) is 23.4 Å². The van der Waals surface area contributed by atoms with Gasteiger partial charge in [-0.05, 0) is 19.9 Å². The molecule has 3 N–H and O–H groups in total. The Morgan fingerprint density at radius 2 is 2.29 bits per heavy atom. The monoisotopic (exact) mass is 291 g/mol. The molecular formula is C15H21N3O3. The number of nitrogens with one attached hydrogen (secondary N) is 1. The molecule has 0 unspecified atom stereocenters. The average Bonchev–Trinajstić information content (AvgIpc) is 2.89. The van der Waals surface area contributed by atoms with Gasteiger partial charge in [-0.3, -0.25) is 4.79 Å². The van der Waals surface area contributed by atoms with Crippen molar-refractivity contribution in [2.45, 2.75) is 39.0 Å². The quantitative estimate of drug-likeness (QED) is 0.790. The molecule has 0 radical (unpaired) electrons. The SMILES string of the molecule is CC(C)Oc1ccccc1CNC[C@H]1CC(C(N)=O)=NO1. The van der Waals surface area contributed by atoms with E-state index in [2.05, 4.69) is 10.5 Å². The number of rotatable bonds is 7. The molecule has 6 heteroatoms. The maximum Gasteiger partial charge on any atom is 0.266 e. The van der Waals surface area contributed by atoms with Gasteiger partial charge >= 0.3 is 0 Å². The first-order valence-corrected chi connectivity index (χ1v) is 7.04. The van der Waals surface area contributed by atoms with Gasteiger partial charge in [0.2, 0.25) is 0 Å². The molecule has 0 aliphatic carbocycles. The van der Waals surface area contributed by atoms with Gasteiger partial charge in [-0.2, -0.15) is 0 Å². The summed E-state index contributed by atoms with van der Waals surface area (Å²) in [5.74, 6) is 0.356. The molecule has 0 bridgehead atoms. The van der Waals surface area contributed by atoms with E-state index in [1.807, 2.05) is 38.1 Å². The van der Waals surface area contributed by atoms with Crippen LogP contribution in [0.25, 0.3) is 0 Å². The number of benzene rings is 1. The minimum atomic E-state index is -0.520. The van der Waals surface area contributed by atoms with Crippen LogP contribution in [0, 0.1) is 0 Å². The molecule has 0 aromatic heterocycles. The van der Waals surface area contributed by atoms with Gasteiger partial charge in [0.25, 0.3) is 5.91 Å². The summed E-state index contributed by atoms with van der Waals surface area (Å²) in [6.45, 7) is 5.25. The molecule has 2 rings (SSSR count). The molecule has 6 nitrogen and oxygen atoms in total. The molecule has 1 aliphatic rings. The topological polar surface area (TPSA) is 85.9 Å². The van der Waals surface area contributed by atoms with Gasteiger partial charge in [-0.25, -0.2) is 0 Å². The molecule has 0 saturated carbocycles. The maximum atomic E-state index is 11.0. The number of ether oxygens (including phenoxy) is 1.